The molecule has 0 aliphatic carbocycles. The minimum atomic E-state index is -4.42. The number of hydrogen-bond acceptors (Lipinski definition) is 4. The lowest BCUT2D eigenvalue weighted by molar-refractivity contribution is -0.136. The maximum absolute atomic E-state index is 12.9. The molecule has 0 aliphatic rings. The maximum atomic E-state index is 12.9. The molecule has 0 radical (unpaired) electrons. The number of halogens is 3. The van der Waals surface area contributed by atoms with Gasteiger partial charge in [0.15, 0.2) is 0 Å². The zero-order chi connectivity index (χ0) is 14.8. The number of para-hydroxylation sites is 1. The van der Waals surface area contributed by atoms with Crippen LogP contribution in [0.5, 0.6) is 0 Å². The minimum absolute atomic E-state index is 0.0415. The van der Waals surface area contributed by atoms with E-state index in [9.17, 15) is 13.2 Å². The van der Waals surface area contributed by atoms with Gasteiger partial charge in [0, 0.05) is 18.8 Å². The Morgan fingerprint density at radius 2 is 1.80 bits per heavy atom. The zero-order valence-corrected chi connectivity index (χ0v) is 10.9. The summed E-state index contributed by atoms with van der Waals surface area (Å²) in [6.45, 7) is 1.74. The van der Waals surface area contributed by atoms with Gasteiger partial charge < -0.3 is 10.6 Å². The Kier molecular flexibility index (Phi) is 3.78. The molecule has 0 amide bonds. The Bertz CT molecular complexity index is 611. The van der Waals surface area contributed by atoms with Gasteiger partial charge in [-0.15, -0.1) is 0 Å². The van der Waals surface area contributed by atoms with Crippen LogP contribution >= 0.6 is 0 Å². The molecule has 0 spiro atoms. The van der Waals surface area contributed by atoms with Gasteiger partial charge in [-0.3, -0.25) is 0 Å². The predicted molar refractivity (Wildman–Crippen MR) is 71.0 cm³/mol. The summed E-state index contributed by atoms with van der Waals surface area (Å²) in [6, 6.07) is 6.84. The first-order chi connectivity index (χ1) is 9.40. The highest BCUT2D eigenvalue weighted by atomic mass is 19.4. The van der Waals surface area contributed by atoms with E-state index in [1.165, 1.54) is 18.2 Å². The molecule has 2 N–H and O–H groups in total. The number of rotatable bonds is 3. The largest absolute Gasteiger partial charge is 0.418 e. The molecular formula is C13H13F3N4. The van der Waals surface area contributed by atoms with Gasteiger partial charge in [-0.05, 0) is 19.1 Å². The van der Waals surface area contributed by atoms with Crippen LogP contribution in [0.25, 0.3) is 0 Å². The monoisotopic (exact) mass is 282 g/mol. The summed E-state index contributed by atoms with van der Waals surface area (Å²) in [7, 11) is 1.64. The average Bonchev–Trinajstić information content (AvgIpc) is 2.37. The number of nitrogens with zero attached hydrogens (tertiary/aromatic N) is 2. The van der Waals surface area contributed by atoms with Crippen molar-refractivity contribution in [1.29, 1.82) is 0 Å². The normalized spacial score (nSPS) is 11.2. The van der Waals surface area contributed by atoms with E-state index in [1.54, 1.807) is 20.0 Å². The zero-order valence-electron chi connectivity index (χ0n) is 10.9. The third kappa shape index (κ3) is 3.17. The van der Waals surface area contributed by atoms with E-state index >= 15 is 0 Å². The SMILES string of the molecule is CNc1nc(C)cc(Nc2ccccc2C(F)(F)F)n1. The topological polar surface area (TPSA) is 49.8 Å². The quantitative estimate of drug-likeness (QED) is 0.903. The van der Waals surface area contributed by atoms with Crippen molar-refractivity contribution >= 4 is 17.5 Å². The molecule has 1 aromatic carbocycles. The smallest absolute Gasteiger partial charge is 0.357 e. The van der Waals surface area contributed by atoms with Crippen LogP contribution in [-0.2, 0) is 6.18 Å². The van der Waals surface area contributed by atoms with Crippen molar-refractivity contribution in [3.8, 4) is 0 Å². The van der Waals surface area contributed by atoms with Crippen LogP contribution in [0.1, 0.15) is 11.3 Å². The summed E-state index contributed by atoms with van der Waals surface area (Å²) in [5.74, 6) is 0.649. The molecular weight excluding hydrogens is 269 g/mol. The van der Waals surface area contributed by atoms with Crippen LogP contribution in [0, 0.1) is 6.92 Å². The van der Waals surface area contributed by atoms with Gasteiger partial charge in [0.05, 0.1) is 11.3 Å². The predicted octanol–water partition coefficient (Wildman–Crippen LogP) is 3.59. The Morgan fingerprint density at radius 1 is 1.10 bits per heavy atom. The molecule has 106 valence electrons. The molecule has 2 aromatic rings. The van der Waals surface area contributed by atoms with Crippen molar-refractivity contribution in [2.24, 2.45) is 0 Å². The van der Waals surface area contributed by atoms with Crippen LogP contribution in [0.15, 0.2) is 30.3 Å². The molecule has 0 saturated heterocycles. The van der Waals surface area contributed by atoms with E-state index in [2.05, 4.69) is 20.6 Å². The van der Waals surface area contributed by atoms with Crippen molar-refractivity contribution in [3.63, 3.8) is 0 Å². The fourth-order valence-electron chi connectivity index (χ4n) is 1.72. The molecule has 2 rings (SSSR count). The van der Waals surface area contributed by atoms with Gasteiger partial charge in [0.25, 0.3) is 0 Å². The number of aryl methyl sites for hydroxylation is 1. The average molecular weight is 282 g/mol. The number of nitrogens with one attached hydrogen (secondary N) is 2. The second-order valence-corrected chi connectivity index (χ2v) is 4.14. The lowest BCUT2D eigenvalue weighted by Crippen LogP contribution is -2.09. The lowest BCUT2D eigenvalue weighted by atomic mass is 10.1. The number of anilines is 3. The molecule has 1 heterocycles. The summed E-state index contributed by atoms with van der Waals surface area (Å²) in [4.78, 5) is 8.15. The Morgan fingerprint density at radius 3 is 2.45 bits per heavy atom. The summed E-state index contributed by atoms with van der Waals surface area (Å²) in [6.07, 6.45) is -4.42. The maximum Gasteiger partial charge on any atom is 0.418 e. The third-order valence-corrected chi connectivity index (χ3v) is 2.57. The first-order valence-corrected chi connectivity index (χ1v) is 5.87. The molecule has 0 saturated carbocycles. The van der Waals surface area contributed by atoms with Crippen molar-refractivity contribution < 1.29 is 13.2 Å². The molecule has 0 atom stereocenters. The number of benzene rings is 1. The van der Waals surface area contributed by atoms with Crippen LogP contribution in [0.3, 0.4) is 0 Å². The summed E-state index contributed by atoms with van der Waals surface area (Å²) in [5, 5.41) is 5.44. The second kappa shape index (κ2) is 5.36. The van der Waals surface area contributed by atoms with E-state index in [0.717, 1.165) is 6.07 Å². The Hall–Kier alpha value is -2.31. The van der Waals surface area contributed by atoms with Crippen molar-refractivity contribution in [2.75, 3.05) is 17.7 Å². The fourth-order valence-corrected chi connectivity index (χ4v) is 1.72. The molecule has 0 fully saturated rings. The summed E-state index contributed by atoms with van der Waals surface area (Å²) < 4.78 is 38.7. The lowest BCUT2D eigenvalue weighted by Gasteiger charge is -2.14. The van der Waals surface area contributed by atoms with Crippen LogP contribution < -0.4 is 10.6 Å². The van der Waals surface area contributed by atoms with E-state index < -0.39 is 11.7 Å². The van der Waals surface area contributed by atoms with Crippen molar-refractivity contribution in [3.05, 3.63) is 41.6 Å². The highest BCUT2D eigenvalue weighted by Crippen LogP contribution is 2.35. The van der Waals surface area contributed by atoms with E-state index in [-0.39, 0.29) is 5.69 Å². The molecule has 20 heavy (non-hydrogen) atoms. The molecule has 7 heteroatoms. The highest BCUT2D eigenvalue weighted by Gasteiger charge is 2.33. The highest BCUT2D eigenvalue weighted by molar-refractivity contribution is 5.62. The van der Waals surface area contributed by atoms with Crippen molar-refractivity contribution in [1.82, 2.24) is 9.97 Å². The number of alkyl halides is 3. The first-order valence-electron chi connectivity index (χ1n) is 5.87. The molecule has 0 bridgehead atoms. The van der Waals surface area contributed by atoms with Gasteiger partial charge in [-0.1, -0.05) is 12.1 Å². The van der Waals surface area contributed by atoms with Gasteiger partial charge in [-0.25, -0.2) is 4.98 Å². The van der Waals surface area contributed by atoms with E-state index in [1.807, 2.05) is 0 Å². The molecule has 0 aliphatic heterocycles. The van der Waals surface area contributed by atoms with Gasteiger partial charge in [0.2, 0.25) is 5.95 Å². The van der Waals surface area contributed by atoms with Crippen LogP contribution in [0.2, 0.25) is 0 Å². The van der Waals surface area contributed by atoms with Gasteiger partial charge >= 0.3 is 6.18 Å². The molecule has 4 nitrogen and oxygen atoms in total. The minimum Gasteiger partial charge on any atom is -0.357 e. The Balaban J connectivity index is 2.38. The van der Waals surface area contributed by atoms with E-state index in [4.69, 9.17) is 0 Å². The second-order valence-electron chi connectivity index (χ2n) is 4.14. The van der Waals surface area contributed by atoms with Gasteiger partial charge in [0.1, 0.15) is 5.82 Å². The Labute approximate surface area is 114 Å². The third-order valence-electron chi connectivity index (χ3n) is 2.57. The molecule has 1 aromatic heterocycles. The number of aromatic nitrogens is 2. The first kappa shape index (κ1) is 14.1. The van der Waals surface area contributed by atoms with E-state index in [0.29, 0.717) is 17.5 Å². The fraction of sp³-hybridized carbons (Fsp3) is 0.231. The van der Waals surface area contributed by atoms with Gasteiger partial charge in [-0.2, -0.15) is 18.2 Å². The molecule has 0 unspecified atom stereocenters. The van der Waals surface area contributed by atoms with Crippen molar-refractivity contribution in [2.45, 2.75) is 13.1 Å². The number of hydrogen-bond donors (Lipinski definition) is 2. The van der Waals surface area contributed by atoms with Crippen LogP contribution in [-0.4, -0.2) is 17.0 Å². The summed E-state index contributed by atoms with van der Waals surface area (Å²) in [5.41, 5.74) is -0.126. The standard InChI is InChI=1S/C13H13F3N4/c1-8-7-11(20-12(17-2)18-8)19-10-6-4-3-5-9(10)13(14,15)16/h3-7H,1-2H3,(H2,17,18,19,20). The van der Waals surface area contributed by atoms with Crippen LogP contribution in [0.4, 0.5) is 30.6 Å². The summed E-state index contributed by atoms with van der Waals surface area (Å²) >= 11 is 0.